The zero-order valence-electron chi connectivity index (χ0n) is 16.8. The van der Waals surface area contributed by atoms with Crippen LogP contribution in [0, 0.1) is 0 Å². The topological polar surface area (TPSA) is 74.8 Å². The molecule has 0 aliphatic carbocycles. The maximum absolute atomic E-state index is 13.2. The van der Waals surface area contributed by atoms with Crippen LogP contribution in [0.5, 0.6) is 0 Å². The maximum atomic E-state index is 13.2. The molecule has 4 aromatic rings. The van der Waals surface area contributed by atoms with Crippen LogP contribution in [-0.4, -0.2) is 15.9 Å². The third-order valence-electron chi connectivity index (χ3n) is 4.77. The highest BCUT2D eigenvalue weighted by atomic mass is 16.2. The number of carbonyl (C=O) groups excluding carboxylic acids is 1. The second-order valence-electron chi connectivity index (χ2n) is 6.96. The molecular weight excluding hydrogens is 386 g/mol. The van der Waals surface area contributed by atoms with E-state index in [0.717, 1.165) is 11.1 Å². The Kier molecular flexibility index (Phi) is 6.14. The Morgan fingerprint density at radius 2 is 1.45 bits per heavy atom. The smallest absolute Gasteiger partial charge is 0.345 e. The van der Waals surface area contributed by atoms with E-state index in [1.165, 1.54) is 0 Å². The summed E-state index contributed by atoms with van der Waals surface area (Å²) in [5.41, 5.74) is 3.22. The highest BCUT2D eigenvalue weighted by Gasteiger charge is 2.19. The molecule has 0 aliphatic rings. The summed E-state index contributed by atoms with van der Waals surface area (Å²) in [5, 5.41) is 2.95. The standard InChI is InChI=1S/C26H21N3O2/c30-25(27-18-20-12-6-2-7-13-20)23-22(17-16-19-10-4-1-5-11-19)28-26(31)29-24(23)21-14-8-3-9-15-21/h1-17H,18H2,(H,27,30)(H,28,29,31)/b17-16+. The molecule has 0 saturated carbocycles. The molecule has 31 heavy (non-hydrogen) atoms. The first-order valence-corrected chi connectivity index (χ1v) is 9.96. The Balaban J connectivity index is 1.76. The summed E-state index contributed by atoms with van der Waals surface area (Å²) in [6.07, 6.45) is 3.59. The average Bonchev–Trinajstić information content (AvgIpc) is 2.82. The van der Waals surface area contributed by atoms with Gasteiger partial charge in [-0.15, -0.1) is 0 Å². The van der Waals surface area contributed by atoms with Gasteiger partial charge in [0, 0.05) is 12.1 Å². The van der Waals surface area contributed by atoms with Gasteiger partial charge in [0.05, 0.1) is 17.0 Å². The van der Waals surface area contributed by atoms with Crippen molar-refractivity contribution in [3.8, 4) is 11.3 Å². The minimum Gasteiger partial charge on any atom is -0.348 e. The fourth-order valence-electron chi connectivity index (χ4n) is 3.26. The summed E-state index contributed by atoms with van der Waals surface area (Å²) in [4.78, 5) is 32.4. The van der Waals surface area contributed by atoms with Gasteiger partial charge < -0.3 is 10.3 Å². The third kappa shape index (κ3) is 5.03. The maximum Gasteiger partial charge on any atom is 0.345 e. The summed E-state index contributed by atoms with van der Waals surface area (Å²) in [7, 11) is 0. The van der Waals surface area contributed by atoms with Gasteiger partial charge in [-0.1, -0.05) is 97.1 Å². The van der Waals surface area contributed by atoms with Crippen LogP contribution in [0.1, 0.15) is 27.2 Å². The largest absolute Gasteiger partial charge is 0.348 e. The molecule has 2 N–H and O–H groups in total. The number of aromatic amines is 1. The lowest BCUT2D eigenvalue weighted by Crippen LogP contribution is -2.27. The Morgan fingerprint density at radius 1 is 0.839 bits per heavy atom. The van der Waals surface area contributed by atoms with Crippen molar-refractivity contribution in [2.45, 2.75) is 6.54 Å². The lowest BCUT2D eigenvalue weighted by Gasteiger charge is -2.12. The van der Waals surface area contributed by atoms with Crippen LogP contribution in [0.25, 0.3) is 23.4 Å². The van der Waals surface area contributed by atoms with Gasteiger partial charge in [0.1, 0.15) is 0 Å². The zero-order valence-corrected chi connectivity index (χ0v) is 16.8. The van der Waals surface area contributed by atoms with E-state index in [-0.39, 0.29) is 5.91 Å². The first-order valence-electron chi connectivity index (χ1n) is 9.96. The van der Waals surface area contributed by atoms with Gasteiger partial charge in [0.25, 0.3) is 5.91 Å². The molecule has 5 heteroatoms. The van der Waals surface area contributed by atoms with Crippen molar-refractivity contribution in [3.05, 3.63) is 124 Å². The third-order valence-corrected chi connectivity index (χ3v) is 4.77. The fraction of sp³-hybridized carbons (Fsp3) is 0.0385. The van der Waals surface area contributed by atoms with Crippen molar-refractivity contribution in [2.24, 2.45) is 0 Å². The van der Waals surface area contributed by atoms with Crippen molar-refractivity contribution >= 4 is 18.1 Å². The Hall–Kier alpha value is -4.25. The quantitative estimate of drug-likeness (QED) is 0.493. The second-order valence-corrected chi connectivity index (χ2v) is 6.96. The van der Waals surface area contributed by atoms with E-state index in [1.807, 2.05) is 97.1 Å². The van der Waals surface area contributed by atoms with Crippen molar-refractivity contribution < 1.29 is 4.79 Å². The number of H-pyrrole nitrogens is 1. The molecule has 0 atom stereocenters. The number of hydrogen-bond acceptors (Lipinski definition) is 3. The summed E-state index contributed by atoms with van der Waals surface area (Å²) < 4.78 is 0. The number of aromatic nitrogens is 2. The highest BCUT2D eigenvalue weighted by Crippen LogP contribution is 2.23. The molecule has 4 rings (SSSR count). The lowest BCUT2D eigenvalue weighted by molar-refractivity contribution is 0.0950. The summed E-state index contributed by atoms with van der Waals surface area (Å²) >= 11 is 0. The van der Waals surface area contributed by atoms with E-state index in [9.17, 15) is 9.59 Å². The van der Waals surface area contributed by atoms with E-state index in [0.29, 0.717) is 29.1 Å². The van der Waals surface area contributed by atoms with Crippen LogP contribution in [0.4, 0.5) is 0 Å². The Labute approximate surface area is 180 Å². The van der Waals surface area contributed by atoms with Gasteiger partial charge in [0.15, 0.2) is 0 Å². The molecule has 0 radical (unpaired) electrons. The molecule has 0 bridgehead atoms. The number of rotatable bonds is 6. The minimum atomic E-state index is -0.508. The number of nitrogens with zero attached hydrogens (tertiary/aromatic N) is 1. The van der Waals surface area contributed by atoms with Gasteiger partial charge in [0.2, 0.25) is 0 Å². The second kappa shape index (κ2) is 9.50. The summed E-state index contributed by atoms with van der Waals surface area (Å²) in [6, 6.07) is 28.6. The van der Waals surface area contributed by atoms with E-state index in [4.69, 9.17) is 0 Å². The van der Waals surface area contributed by atoms with Gasteiger partial charge in [-0.3, -0.25) is 4.79 Å². The number of benzene rings is 3. The monoisotopic (exact) mass is 407 g/mol. The van der Waals surface area contributed by atoms with Crippen LogP contribution in [0.15, 0.2) is 95.8 Å². The summed E-state index contributed by atoms with van der Waals surface area (Å²) in [6.45, 7) is 0.370. The van der Waals surface area contributed by atoms with Gasteiger partial charge in [-0.25, -0.2) is 4.79 Å². The molecule has 3 aromatic carbocycles. The van der Waals surface area contributed by atoms with E-state index >= 15 is 0 Å². The van der Waals surface area contributed by atoms with E-state index < -0.39 is 5.69 Å². The van der Waals surface area contributed by atoms with Crippen molar-refractivity contribution in [1.82, 2.24) is 15.3 Å². The van der Waals surface area contributed by atoms with Crippen molar-refractivity contribution in [3.63, 3.8) is 0 Å². The van der Waals surface area contributed by atoms with Gasteiger partial charge in [-0.2, -0.15) is 4.98 Å². The van der Waals surface area contributed by atoms with Crippen LogP contribution in [0.3, 0.4) is 0 Å². The molecular formula is C26H21N3O2. The normalized spacial score (nSPS) is 10.8. The van der Waals surface area contributed by atoms with E-state index in [1.54, 1.807) is 6.08 Å². The molecule has 0 aliphatic heterocycles. The molecule has 152 valence electrons. The van der Waals surface area contributed by atoms with Crippen LogP contribution in [0.2, 0.25) is 0 Å². The Morgan fingerprint density at radius 3 is 2.13 bits per heavy atom. The van der Waals surface area contributed by atoms with Crippen molar-refractivity contribution in [1.29, 1.82) is 0 Å². The zero-order chi connectivity index (χ0) is 21.5. The van der Waals surface area contributed by atoms with Crippen molar-refractivity contribution in [2.75, 3.05) is 0 Å². The number of nitrogens with one attached hydrogen (secondary N) is 2. The summed E-state index contributed by atoms with van der Waals surface area (Å²) in [5.74, 6) is -0.306. The van der Waals surface area contributed by atoms with Crippen LogP contribution >= 0.6 is 0 Å². The molecule has 0 saturated heterocycles. The van der Waals surface area contributed by atoms with Gasteiger partial charge in [-0.05, 0) is 17.2 Å². The number of amides is 1. The average molecular weight is 407 g/mol. The lowest BCUT2D eigenvalue weighted by atomic mass is 10.0. The van der Waals surface area contributed by atoms with Gasteiger partial charge >= 0.3 is 5.69 Å². The highest BCUT2D eigenvalue weighted by molar-refractivity contribution is 6.03. The molecule has 0 unspecified atom stereocenters. The Bertz CT molecular complexity index is 1250. The molecule has 0 spiro atoms. The minimum absolute atomic E-state index is 0.306. The van der Waals surface area contributed by atoms with Crippen LogP contribution < -0.4 is 11.0 Å². The molecule has 1 amide bonds. The van der Waals surface area contributed by atoms with Crippen LogP contribution in [-0.2, 0) is 6.54 Å². The first kappa shape index (κ1) is 20.0. The molecule has 1 aromatic heterocycles. The molecule has 1 heterocycles. The predicted molar refractivity (Wildman–Crippen MR) is 123 cm³/mol. The molecule has 0 fully saturated rings. The predicted octanol–water partition coefficient (Wildman–Crippen LogP) is 4.54. The number of hydrogen-bond donors (Lipinski definition) is 2. The molecule has 5 nitrogen and oxygen atoms in total. The first-order chi connectivity index (χ1) is 15.2. The fourth-order valence-corrected chi connectivity index (χ4v) is 3.26. The van der Waals surface area contributed by atoms with E-state index in [2.05, 4.69) is 15.3 Å². The SMILES string of the molecule is O=C(NCc1ccccc1)c1c(-c2ccccc2)nc(=O)[nH]c1/C=C/c1ccccc1. The number of carbonyl (C=O) groups is 1.